The third-order valence-electron chi connectivity index (χ3n) is 14.4. The summed E-state index contributed by atoms with van der Waals surface area (Å²) in [6, 6.07) is 0. The van der Waals surface area contributed by atoms with Crippen molar-refractivity contribution in [1.82, 2.24) is 0 Å². The van der Waals surface area contributed by atoms with Gasteiger partial charge in [0, 0.05) is 12.8 Å². The SMILES string of the molecule is CCCCCCCCCC/C=C\CCCCCCCCCCCCCCCC(=O)OCC(COP(=O)([O-])OCC[N+](C)(C)C)OC(=O)CCCCCCCCCCCCCCC/C=C\CCCCCCCCCC. The zero-order chi connectivity index (χ0) is 54.2. The number of phosphoric ester groups is 1. The first kappa shape index (κ1) is 72.5. The van der Waals surface area contributed by atoms with E-state index in [1.165, 1.54) is 257 Å². The predicted octanol–water partition coefficient (Wildman–Crippen LogP) is 19.5. The Balaban J connectivity index is 4.07. The van der Waals surface area contributed by atoms with Gasteiger partial charge in [-0.25, -0.2) is 0 Å². The molecule has 0 aromatic rings. The molecule has 0 amide bonds. The van der Waals surface area contributed by atoms with Crippen molar-refractivity contribution in [3.8, 4) is 0 Å². The molecule has 0 spiro atoms. The first-order valence-corrected chi connectivity index (χ1v) is 33.5. The van der Waals surface area contributed by atoms with E-state index in [2.05, 4.69) is 38.2 Å². The first-order chi connectivity index (χ1) is 36.0. The Morgan fingerprint density at radius 2 is 0.689 bits per heavy atom. The van der Waals surface area contributed by atoms with Crippen LogP contribution in [0.15, 0.2) is 24.3 Å². The molecule has 0 aromatic carbocycles. The maximum absolute atomic E-state index is 12.8. The van der Waals surface area contributed by atoms with E-state index in [0.29, 0.717) is 17.4 Å². The highest BCUT2D eigenvalue weighted by Crippen LogP contribution is 2.38. The van der Waals surface area contributed by atoms with Gasteiger partial charge in [0.15, 0.2) is 6.10 Å². The number of unbranched alkanes of at least 4 members (excludes halogenated alkanes) is 42. The number of rotatable bonds is 60. The summed E-state index contributed by atoms with van der Waals surface area (Å²) in [5.74, 6) is -0.816. The monoisotopic (exact) mass is 1070 g/mol. The van der Waals surface area contributed by atoms with E-state index >= 15 is 0 Å². The van der Waals surface area contributed by atoms with Crippen molar-refractivity contribution in [2.75, 3.05) is 47.5 Å². The molecule has 0 aliphatic rings. The van der Waals surface area contributed by atoms with Gasteiger partial charge in [0.05, 0.1) is 27.7 Å². The summed E-state index contributed by atoms with van der Waals surface area (Å²) >= 11 is 0. The number of nitrogens with zero attached hydrogens (tertiary/aromatic N) is 1. The molecule has 438 valence electrons. The molecule has 0 rings (SSSR count). The third kappa shape index (κ3) is 59.7. The van der Waals surface area contributed by atoms with Gasteiger partial charge in [0.2, 0.25) is 0 Å². The summed E-state index contributed by atoms with van der Waals surface area (Å²) < 4.78 is 34.3. The van der Waals surface area contributed by atoms with Gasteiger partial charge in [0.25, 0.3) is 7.82 Å². The van der Waals surface area contributed by atoms with Gasteiger partial charge < -0.3 is 27.9 Å². The quantitative estimate of drug-likeness (QED) is 0.0195. The zero-order valence-electron chi connectivity index (χ0n) is 49.8. The maximum atomic E-state index is 12.8. The summed E-state index contributed by atoms with van der Waals surface area (Å²) in [7, 11) is 1.18. The highest BCUT2D eigenvalue weighted by Gasteiger charge is 2.22. The van der Waals surface area contributed by atoms with Crippen molar-refractivity contribution < 1.29 is 42.1 Å². The lowest BCUT2D eigenvalue weighted by atomic mass is 10.0. The van der Waals surface area contributed by atoms with Gasteiger partial charge in [0.1, 0.15) is 19.8 Å². The van der Waals surface area contributed by atoms with E-state index in [-0.39, 0.29) is 32.0 Å². The number of phosphoric acid groups is 1. The fraction of sp³-hybridized carbons (Fsp3) is 0.906. The van der Waals surface area contributed by atoms with E-state index in [1.807, 2.05) is 21.1 Å². The van der Waals surface area contributed by atoms with Crippen LogP contribution in [0.25, 0.3) is 0 Å². The Morgan fingerprint density at radius 1 is 0.405 bits per heavy atom. The van der Waals surface area contributed by atoms with Gasteiger partial charge in [-0.2, -0.15) is 0 Å². The second-order valence-corrected chi connectivity index (χ2v) is 24.5. The van der Waals surface area contributed by atoms with Crippen LogP contribution in [0.2, 0.25) is 0 Å². The smallest absolute Gasteiger partial charge is 0.306 e. The topological polar surface area (TPSA) is 111 Å². The van der Waals surface area contributed by atoms with E-state index in [1.54, 1.807) is 0 Å². The Morgan fingerprint density at radius 3 is 1.00 bits per heavy atom. The molecule has 0 heterocycles. The number of carbonyl (C=O) groups is 2. The van der Waals surface area contributed by atoms with Crippen molar-refractivity contribution in [1.29, 1.82) is 0 Å². The molecule has 0 saturated heterocycles. The highest BCUT2D eigenvalue weighted by atomic mass is 31.2. The summed E-state index contributed by atoms with van der Waals surface area (Å²) in [6.07, 6.45) is 68.1. The average molecular weight is 1070 g/mol. The number of carbonyl (C=O) groups excluding carboxylic acids is 2. The van der Waals surface area contributed by atoms with Gasteiger partial charge in [-0.1, -0.05) is 269 Å². The summed E-state index contributed by atoms with van der Waals surface area (Å²) in [5, 5.41) is 0. The fourth-order valence-electron chi connectivity index (χ4n) is 9.47. The predicted molar refractivity (Wildman–Crippen MR) is 314 cm³/mol. The fourth-order valence-corrected chi connectivity index (χ4v) is 10.2. The van der Waals surface area contributed by atoms with Gasteiger partial charge in [-0.3, -0.25) is 14.2 Å². The molecular weight excluding hydrogens is 942 g/mol. The molecule has 2 unspecified atom stereocenters. The highest BCUT2D eigenvalue weighted by molar-refractivity contribution is 7.45. The minimum absolute atomic E-state index is 0.0281. The van der Waals surface area contributed by atoms with E-state index < -0.39 is 26.5 Å². The van der Waals surface area contributed by atoms with Crippen LogP contribution >= 0.6 is 7.82 Å². The Bertz CT molecular complexity index is 1300. The van der Waals surface area contributed by atoms with Crippen LogP contribution < -0.4 is 4.89 Å². The van der Waals surface area contributed by atoms with Crippen LogP contribution in [0.4, 0.5) is 0 Å². The molecule has 10 heteroatoms. The van der Waals surface area contributed by atoms with E-state index in [4.69, 9.17) is 18.5 Å². The lowest BCUT2D eigenvalue weighted by molar-refractivity contribution is -0.870. The molecule has 0 bridgehead atoms. The largest absolute Gasteiger partial charge is 0.756 e. The Hall–Kier alpha value is -1.51. The molecule has 0 fully saturated rings. The number of allylic oxidation sites excluding steroid dienone is 4. The third-order valence-corrected chi connectivity index (χ3v) is 15.4. The number of hydrogen-bond donors (Lipinski definition) is 0. The van der Waals surface area contributed by atoms with Crippen molar-refractivity contribution in [3.63, 3.8) is 0 Å². The zero-order valence-corrected chi connectivity index (χ0v) is 50.7. The molecule has 9 nitrogen and oxygen atoms in total. The van der Waals surface area contributed by atoms with Crippen LogP contribution in [0.5, 0.6) is 0 Å². The van der Waals surface area contributed by atoms with Crippen molar-refractivity contribution in [3.05, 3.63) is 24.3 Å². The minimum Gasteiger partial charge on any atom is -0.756 e. The molecule has 0 aliphatic carbocycles. The average Bonchev–Trinajstić information content (AvgIpc) is 3.36. The van der Waals surface area contributed by atoms with Crippen LogP contribution in [0, 0.1) is 0 Å². The van der Waals surface area contributed by atoms with Crippen LogP contribution in [-0.2, 0) is 32.7 Å². The lowest BCUT2D eigenvalue weighted by Crippen LogP contribution is -2.37. The summed E-state index contributed by atoms with van der Waals surface area (Å²) in [5.41, 5.74) is 0. The molecule has 2 atom stereocenters. The number of likely N-dealkylation sites (N-methyl/N-ethyl adjacent to an activating group) is 1. The molecule has 0 aliphatic heterocycles. The Labute approximate surface area is 459 Å². The maximum Gasteiger partial charge on any atom is 0.306 e. The number of esters is 2. The number of quaternary nitrogens is 1. The van der Waals surface area contributed by atoms with Gasteiger partial charge in [-0.05, 0) is 64.2 Å². The summed E-state index contributed by atoms with van der Waals surface area (Å²) in [6.45, 7) is 4.30. The second kappa shape index (κ2) is 56.2. The van der Waals surface area contributed by atoms with Crippen molar-refractivity contribution >= 4 is 19.8 Å². The molecule has 0 saturated carbocycles. The first-order valence-electron chi connectivity index (χ1n) is 32.0. The normalized spacial score (nSPS) is 13.3. The summed E-state index contributed by atoms with van der Waals surface area (Å²) in [4.78, 5) is 38.0. The van der Waals surface area contributed by atoms with Crippen molar-refractivity contribution in [2.24, 2.45) is 0 Å². The molecular formula is C64H124NO8P. The van der Waals surface area contributed by atoms with E-state index in [0.717, 1.165) is 32.1 Å². The van der Waals surface area contributed by atoms with Crippen LogP contribution in [0.3, 0.4) is 0 Å². The van der Waals surface area contributed by atoms with Gasteiger partial charge in [-0.15, -0.1) is 0 Å². The lowest BCUT2D eigenvalue weighted by Gasteiger charge is -2.28. The second-order valence-electron chi connectivity index (χ2n) is 23.1. The molecule has 0 radical (unpaired) electrons. The van der Waals surface area contributed by atoms with E-state index in [9.17, 15) is 19.0 Å². The molecule has 0 N–H and O–H groups in total. The minimum atomic E-state index is -4.63. The number of hydrogen-bond acceptors (Lipinski definition) is 8. The number of ether oxygens (including phenoxy) is 2. The van der Waals surface area contributed by atoms with Crippen molar-refractivity contribution in [2.45, 2.75) is 328 Å². The van der Waals surface area contributed by atoms with Crippen LogP contribution in [-0.4, -0.2) is 70.0 Å². The van der Waals surface area contributed by atoms with Gasteiger partial charge >= 0.3 is 11.9 Å². The van der Waals surface area contributed by atoms with Crippen LogP contribution in [0.1, 0.15) is 322 Å². The standard InChI is InChI=1S/C64H124NO8P/c1-6-8-10-12-14-16-18-20-22-24-26-28-30-32-34-36-38-40-42-44-46-48-50-52-54-56-63(66)70-60-62(61-72-74(68,69)71-59-58-65(3,4)5)73-64(67)57-55-53-51-49-47-45-43-41-39-37-35-33-31-29-27-25-23-21-19-17-15-13-11-9-7-2/h24-27,62H,6-23,28-61H2,1-5H3/b26-24-,27-25-. The molecule has 74 heavy (non-hydrogen) atoms. The molecule has 0 aromatic heterocycles. The Kier molecular flexibility index (Phi) is 55.1.